The fraction of sp³-hybridized carbons (Fsp3) is 0.214. The molecule has 0 fully saturated rings. The Balaban J connectivity index is 2.01. The standard InChI is InChI=1S/C28H29O4P/c1-5-31-27(29)21(4)26(20(2)3)32-28(30)24-18-12-13-19-25(24)33(22-14-8-6-9-15-22)23-16-10-7-11-17-23/h6-19,21,26H,2,5H2,1,3-4H3/t21-,26-/m1/s1. The smallest absolute Gasteiger partial charge is 0.339 e. The van der Waals surface area contributed by atoms with Crippen molar-refractivity contribution in [2.75, 3.05) is 6.61 Å². The van der Waals surface area contributed by atoms with E-state index < -0.39 is 31.9 Å². The average molecular weight is 461 g/mol. The van der Waals surface area contributed by atoms with Crippen molar-refractivity contribution in [3.63, 3.8) is 0 Å². The molecule has 5 heteroatoms. The van der Waals surface area contributed by atoms with Crippen molar-refractivity contribution < 1.29 is 19.1 Å². The molecule has 0 aliphatic heterocycles. The third-order valence-corrected chi connectivity index (χ3v) is 7.73. The van der Waals surface area contributed by atoms with Crippen LogP contribution in [0.4, 0.5) is 0 Å². The molecule has 170 valence electrons. The van der Waals surface area contributed by atoms with Crippen molar-refractivity contribution in [2.45, 2.75) is 26.9 Å². The molecule has 4 nitrogen and oxygen atoms in total. The largest absolute Gasteiger partial charge is 0.466 e. The SMILES string of the molecule is C=C(C)[C@@H](OC(=O)c1ccccc1P(c1ccccc1)c1ccccc1)[C@@H](C)C(=O)OCC. The molecule has 0 saturated carbocycles. The summed E-state index contributed by atoms with van der Waals surface area (Å²) in [5, 5.41) is 3.17. The number of hydrogen-bond donors (Lipinski definition) is 0. The van der Waals surface area contributed by atoms with Gasteiger partial charge in [0.15, 0.2) is 0 Å². The van der Waals surface area contributed by atoms with Crippen LogP contribution in [0.25, 0.3) is 0 Å². The third kappa shape index (κ3) is 5.97. The third-order valence-electron chi connectivity index (χ3n) is 5.23. The van der Waals surface area contributed by atoms with Gasteiger partial charge in [0.2, 0.25) is 0 Å². The van der Waals surface area contributed by atoms with Gasteiger partial charge in [-0.2, -0.15) is 0 Å². The van der Waals surface area contributed by atoms with Crippen LogP contribution in [-0.2, 0) is 14.3 Å². The van der Waals surface area contributed by atoms with Gasteiger partial charge in [-0.15, -0.1) is 0 Å². The highest BCUT2D eigenvalue weighted by molar-refractivity contribution is 7.80. The molecule has 0 amide bonds. The Morgan fingerprint density at radius 3 is 1.91 bits per heavy atom. The fourth-order valence-electron chi connectivity index (χ4n) is 3.63. The lowest BCUT2D eigenvalue weighted by Gasteiger charge is -2.25. The van der Waals surface area contributed by atoms with Gasteiger partial charge in [-0.25, -0.2) is 4.79 Å². The van der Waals surface area contributed by atoms with Crippen LogP contribution >= 0.6 is 7.92 Å². The molecule has 0 unspecified atom stereocenters. The Morgan fingerprint density at radius 2 is 1.39 bits per heavy atom. The maximum absolute atomic E-state index is 13.4. The molecule has 0 N–H and O–H groups in total. The first-order valence-electron chi connectivity index (χ1n) is 11.0. The van der Waals surface area contributed by atoms with Crippen LogP contribution in [0.3, 0.4) is 0 Å². The molecule has 2 atom stereocenters. The topological polar surface area (TPSA) is 52.6 Å². The highest BCUT2D eigenvalue weighted by Gasteiger charge is 2.31. The van der Waals surface area contributed by atoms with Gasteiger partial charge >= 0.3 is 11.9 Å². The van der Waals surface area contributed by atoms with Crippen molar-refractivity contribution in [1.82, 2.24) is 0 Å². The summed E-state index contributed by atoms with van der Waals surface area (Å²) in [5.41, 5.74) is 1.08. The number of ether oxygens (including phenoxy) is 2. The Morgan fingerprint density at radius 1 is 0.879 bits per heavy atom. The summed E-state index contributed by atoms with van der Waals surface area (Å²) >= 11 is 0. The zero-order valence-electron chi connectivity index (χ0n) is 19.2. The number of hydrogen-bond acceptors (Lipinski definition) is 4. The van der Waals surface area contributed by atoms with E-state index in [-0.39, 0.29) is 6.61 Å². The van der Waals surface area contributed by atoms with Crippen LogP contribution < -0.4 is 15.9 Å². The summed E-state index contributed by atoms with van der Waals surface area (Å²) in [5.74, 6) is -1.54. The van der Waals surface area contributed by atoms with Crippen molar-refractivity contribution in [2.24, 2.45) is 5.92 Å². The van der Waals surface area contributed by atoms with E-state index in [0.717, 1.165) is 15.9 Å². The number of esters is 2. The molecule has 0 saturated heterocycles. The predicted octanol–water partition coefficient (Wildman–Crippen LogP) is 4.75. The first-order valence-corrected chi connectivity index (χ1v) is 12.3. The minimum Gasteiger partial charge on any atom is -0.466 e. The predicted molar refractivity (Wildman–Crippen MR) is 135 cm³/mol. The first kappa shape index (κ1) is 24.4. The quantitative estimate of drug-likeness (QED) is 0.263. The van der Waals surface area contributed by atoms with Gasteiger partial charge in [0.25, 0.3) is 0 Å². The molecule has 3 aromatic rings. The minimum atomic E-state index is -0.988. The molecule has 0 bridgehead atoms. The second-order valence-electron chi connectivity index (χ2n) is 7.74. The molecule has 3 rings (SSSR count). The molecule has 0 aliphatic rings. The minimum absolute atomic E-state index is 0.265. The van der Waals surface area contributed by atoms with E-state index in [1.807, 2.05) is 54.6 Å². The highest BCUT2D eigenvalue weighted by Crippen LogP contribution is 2.34. The summed E-state index contributed by atoms with van der Waals surface area (Å²) in [7, 11) is -0.988. The Labute approximate surface area is 197 Å². The summed E-state index contributed by atoms with van der Waals surface area (Å²) in [6, 6.07) is 27.8. The summed E-state index contributed by atoms with van der Waals surface area (Å²) in [6.07, 6.45) is -0.774. The molecule has 0 heterocycles. The summed E-state index contributed by atoms with van der Waals surface area (Å²) in [6.45, 7) is 9.39. The lowest BCUT2D eigenvalue weighted by molar-refractivity contribution is -0.150. The zero-order chi connectivity index (χ0) is 23.8. The molecule has 3 aromatic carbocycles. The fourth-order valence-corrected chi connectivity index (χ4v) is 6.07. The molecule has 0 aromatic heterocycles. The van der Waals surface area contributed by atoms with Crippen LogP contribution in [0, 0.1) is 5.92 Å². The monoisotopic (exact) mass is 460 g/mol. The Hall–Kier alpha value is -3.23. The van der Waals surface area contributed by atoms with E-state index in [0.29, 0.717) is 11.1 Å². The van der Waals surface area contributed by atoms with Crippen molar-refractivity contribution in [3.05, 3.63) is 103 Å². The second kappa shape index (κ2) is 11.6. The molecule has 0 aliphatic carbocycles. The van der Waals surface area contributed by atoms with E-state index in [2.05, 4.69) is 30.8 Å². The van der Waals surface area contributed by atoms with Gasteiger partial charge in [0.05, 0.1) is 18.1 Å². The van der Waals surface area contributed by atoms with Gasteiger partial charge < -0.3 is 9.47 Å². The zero-order valence-corrected chi connectivity index (χ0v) is 20.1. The van der Waals surface area contributed by atoms with Crippen LogP contribution in [0.5, 0.6) is 0 Å². The maximum atomic E-state index is 13.4. The number of carbonyl (C=O) groups is 2. The lowest BCUT2D eigenvalue weighted by Crippen LogP contribution is -2.34. The van der Waals surface area contributed by atoms with E-state index in [1.54, 1.807) is 26.8 Å². The Bertz CT molecular complexity index is 1060. The van der Waals surface area contributed by atoms with Crippen molar-refractivity contribution in [3.8, 4) is 0 Å². The van der Waals surface area contributed by atoms with Crippen molar-refractivity contribution in [1.29, 1.82) is 0 Å². The summed E-state index contributed by atoms with van der Waals surface area (Å²) in [4.78, 5) is 25.7. The molecule has 0 radical (unpaired) electrons. The molecular formula is C28H29O4P. The van der Waals surface area contributed by atoms with Crippen molar-refractivity contribution >= 4 is 35.8 Å². The number of carbonyl (C=O) groups excluding carboxylic acids is 2. The average Bonchev–Trinajstić information content (AvgIpc) is 2.84. The van der Waals surface area contributed by atoms with Crippen LogP contribution in [0.2, 0.25) is 0 Å². The van der Waals surface area contributed by atoms with E-state index >= 15 is 0 Å². The normalized spacial score (nSPS) is 12.6. The lowest BCUT2D eigenvalue weighted by atomic mass is 9.99. The van der Waals surface area contributed by atoms with Crippen LogP contribution in [0.1, 0.15) is 31.1 Å². The highest BCUT2D eigenvalue weighted by atomic mass is 31.1. The second-order valence-corrected chi connectivity index (χ2v) is 9.92. The van der Waals surface area contributed by atoms with E-state index in [1.165, 1.54) is 0 Å². The number of benzene rings is 3. The Kier molecular flexibility index (Phi) is 8.57. The first-order chi connectivity index (χ1) is 15.9. The molecular weight excluding hydrogens is 431 g/mol. The van der Waals surface area contributed by atoms with Gasteiger partial charge in [-0.3, -0.25) is 4.79 Å². The van der Waals surface area contributed by atoms with Gasteiger partial charge in [-0.05, 0) is 56.2 Å². The summed E-state index contributed by atoms with van der Waals surface area (Å²) < 4.78 is 11.0. The maximum Gasteiger partial charge on any atom is 0.339 e. The molecule has 0 spiro atoms. The van der Waals surface area contributed by atoms with Gasteiger partial charge in [0.1, 0.15) is 6.10 Å². The van der Waals surface area contributed by atoms with Crippen LogP contribution in [0.15, 0.2) is 97.1 Å². The van der Waals surface area contributed by atoms with Gasteiger partial charge in [0, 0.05) is 0 Å². The van der Waals surface area contributed by atoms with E-state index in [4.69, 9.17) is 9.47 Å². The van der Waals surface area contributed by atoms with E-state index in [9.17, 15) is 9.59 Å². The number of rotatable bonds is 9. The van der Waals surface area contributed by atoms with Crippen LogP contribution in [-0.4, -0.2) is 24.6 Å². The molecule has 33 heavy (non-hydrogen) atoms. The van der Waals surface area contributed by atoms with Gasteiger partial charge in [-0.1, -0.05) is 85.4 Å².